The Labute approximate surface area is 117 Å². The predicted molar refractivity (Wildman–Crippen MR) is 70.6 cm³/mol. The van der Waals surface area contributed by atoms with Crippen LogP contribution in [-0.2, 0) is 0 Å². The number of rotatable bonds is 0. The molecule has 0 radical (unpaired) electrons. The first kappa shape index (κ1) is 11.4. The molecule has 18 heavy (non-hydrogen) atoms. The van der Waals surface area contributed by atoms with Crippen LogP contribution in [0.3, 0.4) is 0 Å². The van der Waals surface area contributed by atoms with Gasteiger partial charge in [0.05, 0.1) is 21.1 Å². The van der Waals surface area contributed by atoms with Crippen LogP contribution in [0.25, 0.3) is 11.1 Å². The number of nitriles is 1. The Morgan fingerprint density at radius 3 is 2.67 bits per heavy atom. The third-order valence-electron chi connectivity index (χ3n) is 2.64. The Bertz CT molecular complexity index is 694. The van der Waals surface area contributed by atoms with Gasteiger partial charge in [-0.3, -0.25) is 9.78 Å². The van der Waals surface area contributed by atoms with Gasteiger partial charge in [-0.2, -0.15) is 5.26 Å². The molecule has 1 heterocycles. The summed E-state index contributed by atoms with van der Waals surface area (Å²) in [5.41, 5.74) is 2.13. The van der Waals surface area contributed by atoms with Gasteiger partial charge in [0.25, 0.3) is 0 Å². The van der Waals surface area contributed by atoms with Crippen molar-refractivity contribution >= 4 is 27.5 Å². The lowest BCUT2D eigenvalue weighted by Gasteiger charge is -2.20. The van der Waals surface area contributed by atoms with E-state index in [9.17, 15) is 0 Å². The van der Waals surface area contributed by atoms with Crippen LogP contribution in [0.5, 0.6) is 11.5 Å². The maximum Gasteiger partial charge on any atom is 0.205 e. The van der Waals surface area contributed by atoms with E-state index in [1.807, 2.05) is 12.1 Å². The highest BCUT2D eigenvalue weighted by atomic mass is 79.9. The van der Waals surface area contributed by atoms with Crippen molar-refractivity contribution in [1.29, 1.82) is 5.26 Å². The van der Waals surface area contributed by atoms with Gasteiger partial charge in [-0.05, 0) is 34.1 Å². The number of para-hydroxylation sites is 1. The van der Waals surface area contributed by atoms with Crippen molar-refractivity contribution in [2.75, 3.05) is 0 Å². The van der Waals surface area contributed by atoms with Crippen LogP contribution < -0.4 is 9.78 Å². The lowest BCUT2D eigenvalue weighted by Crippen LogP contribution is -2.09. The summed E-state index contributed by atoms with van der Waals surface area (Å²) >= 11 is 9.40. The van der Waals surface area contributed by atoms with E-state index in [0.29, 0.717) is 26.6 Å². The van der Waals surface area contributed by atoms with E-state index in [0.717, 1.165) is 11.1 Å². The summed E-state index contributed by atoms with van der Waals surface area (Å²) in [6.07, 6.45) is 0. The lowest BCUT2D eigenvalue weighted by molar-refractivity contribution is -0.103. The summed E-state index contributed by atoms with van der Waals surface area (Å²) in [6.45, 7) is 0. The number of nitrogens with zero attached hydrogens (tertiary/aromatic N) is 1. The van der Waals surface area contributed by atoms with Crippen molar-refractivity contribution in [2.24, 2.45) is 0 Å². The van der Waals surface area contributed by atoms with E-state index < -0.39 is 0 Å². The Morgan fingerprint density at radius 1 is 1.11 bits per heavy atom. The van der Waals surface area contributed by atoms with Gasteiger partial charge >= 0.3 is 0 Å². The van der Waals surface area contributed by atoms with Gasteiger partial charge in [0.2, 0.25) is 11.5 Å². The number of fused-ring (bicyclic) bond motifs is 3. The van der Waals surface area contributed by atoms with Gasteiger partial charge in [0.1, 0.15) is 0 Å². The second kappa shape index (κ2) is 4.20. The van der Waals surface area contributed by atoms with Gasteiger partial charge in [0, 0.05) is 11.1 Å². The molecule has 0 saturated heterocycles. The van der Waals surface area contributed by atoms with Crippen molar-refractivity contribution in [3.8, 4) is 28.7 Å². The molecule has 0 unspecified atom stereocenters. The normalized spacial score (nSPS) is 11.6. The summed E-state index contributed by atoms with van der Waals surface area (Å²) in [6, 6.07) is 10.9. The monoisotopic (exact) mass is 321 g/mol. The Kier molecular flexibility index (Phi) is 2.66. The molecule has 0 atom stereocenters. The standard InChI is InChI=1S/C13H5BrClNO2/c14-10-5-7(6-16)4-9-8-2-1-3-11(15)13(8)18-17-12(9)10/h1-5H. The zero-order valence-corrected chi connectivity index (χ0v) is 11.2. The quantitative estimate of drug-likeness (QED) is 0.678. The molecule has 2 aromatic carbocycles. The van der Waals surface area contributed by atoms with Crippen molar-refractivity contribution < 1.29 is 9.78 Å². The molecule has 3 nitrogen and oxygen atoms in total. The number of hydrogen-bond acceptors (Lipinski definition) is 3. The van der Waals surface area contributed by atoms with Crippen LogP contribution >= 0.6 is 27.5 Å². The smallest absolute Gasteiger partial charge is 0.205 e. The number of hydrogen-bond donors (Lipinski definition) is 0. The summed E-state index contributed by atoms with van der Waals surface area (Å²) < 4.78 is 0.669. The average molecular weight is 323 g/mol. The van der Waals surface area contributed by atoms with Gasteiger partial charge in [-0.1, -0.05) is 23.7 Å². The second-order valence-electron chi connectivity index (χ2n) is 3.73. The summed E-state index contributed by atoms with van der Waals surface area (Å²) in [5, 5.41) is 9.47. The highest BCUT2D eigenvalue weighted by molar-refractivity contribution is 9.10. The van der Waals surface area contributed by atoms with E-state index in [2.05, 4.69) is 22.0 Å². The van der Waals surface area contributed by atoms with Gasteiger partial charge < -0.3 is 0 Å². The van der Waals surface area contributed by atoms with Crippen molar-refractivity contribution in [3.05, 3.63) is 45.4 Å². The number of benzene rings is 2. The fourth-order valence-corrected chi connectivity index (χ4v) is 2.56. The average Bonchev–Trinajstić information content (AvgIpc) is 2.39. The molecular weight excluding hydrogens is 318 g/mol. The van der Waals surface area contributed by atoms with Gasteiger partial charge in [-0.15, -0.1) is 0 Å². The molecule has 5 heteroatoms. The van der Waals surface area contributed by atoms with Crippen molar-refractivity contribution in [2.45, 2.75) is 0 Å². The SMILES string of the molecule is N#Cc1cc(Br)c2c(c1)-c1cccc(Cl)c1OO2. The Hall–Kier alpha value is -1.70. The minimum atomic E-state index is 0.466. The van der Waals surface area contributed by atoms with E-state index >= 15 is 0 Å². The first-order valence-electron chi connectivity index (χ1n) is 5.08. The van der Waals surface area contributed by atoms with Crippen LogP contribution in [0.1, 0.15) is 5.56 Å². The first-order chi connectivity index (χ1) is 8.70. The lowest BCUT2D eigenvalue weighted by atomic mass is 10.0. The molecular formula is C13H5BrClNO2. The molecule has 0 amide bonds. The Balaban J connectivity index is 2.33. The van der Waals surface area contributed by atoms with Crippen molar-refractivity contribution in [1.82, 2.24) is 0 Å². The maximum absolute atomic E-state index is 9.00. The van der Waals surface area contributed by atoms with Crippen molar-refractivity contribution in [3.63, 3.8) is 0 Å². The zero-order valence-electron chi connectivity index (χ0n) is 8.91. The summed E-state index contributed by atoms with van der Waals surface area (Å²) in [4.78, 5) is 10.4. The Morgan fingerprint density at radius 2 is 1.89 bits per heavy atom. The molecule has 0 spiro atoms. The molecule has 3 rings (SSSR count). The summed E-state index contributed by atoms with van der Waals surface area (Å²) in [7, 11) is 0. The minimum absolute atomic E-state index is 0.466. The molecule has 1 aliphatic rings. The molecule has 0 bridgehead atoms. The molecule has 0 fully saturated rings. The van der Waals surface area contributed by atoms with E-state index in [1.165, 1.54) is 0 Å². The first-order valence-corrected chi connectivity index (χ1v) is 6.25. The van der Waals surface area contributed by atoms with Crippen LogP contribution in [0.4, 0.5) is 0 Å². The zero-order chi connectivity index (χ0) is 12.7. The van der Waals surface area contributed by atoms with Crippen LogP contribution in [0.15, 0.2) is 34.8 Å². The van der Waals surface area contributed by atoms with E-state index in [4.69, 9.17) is 26.6 Å². The van der Waals surface area contributed by atoms with Crippen LogP contribution in [0.2, 0.25) is 5.02 Å². The second-order valence-corrected chi connectivity index (χ2v) is 4.99. The van der Waals surface area contributed by atoms with E-state index in [1.54, 1.807) is 18.2 Å². The minimum Gasteiger partial charge on any atom is -0.288 e. The van der Waals surface area contributed by atoms with Gasteiger partial charge in [0.15, 0.2) is 0 Å². The maximum atomic E-state index is 9.00. The highest BCUT2D eigenvalue weighted by Gasteiger charge is 2.24. The van der Waals surface area contributed by atoms with Crippen LogP contribution in [0, 0.1) is 11.3 Å². The third kappa shape index (κ3) is 1.64. The largest absolute Gasteiger partial charge is 0.288 e. The highest BCUT2D eigenvalue weighted by Crippen LogP contribution is 2.47. The third-order valence-corrected chi connectivity index (χ3v) is 3.52. The van der Waals surface area contributed by atoms with Crippen LogP contribution in [-0.4, -0.2) is 0 Å². The molecule has 0 aliphatic carbocycles. The molecule has 0 aromatic heterocycles. The molecule has 1 aliphatic heterocycles. The molecule has 0 N–H and O–H groups in total. The van der Waals surface area contributed by atoms with Gasteiger partial charge in [-0.25, -0.2) is 0 Å². The fraction of sp³-hybridized carbons (Fsp3) is 0. The molecule has 2 aromatic rings. The fourth-order valence-electron chi connectivity index (χ4n) is 1.83. The topological polar surface area (TPSA) is 42.2 Å². The number of halogens is 2. The van der Waals surface area contributed by atoms with E-state index in [-0.39, 0.29) is 0 Å². The molecule has 88 valence electrons. The summed E-state index contributed by atoms with van der Waals surface area (Å²) in [5.74, 6) is 1.01. The predicted octanol–water partition coefficient (Wildman–Crippen LogP) is 4.33. The molecule has 0 saturated carbocycles.